The molecule has 1 aromatic rings. The number of nitrogens with zero attached hydrogens (tertiary/aromatic N) is 2. The van der Waals surface area contributed by atoms with Crippen molar-refractivity contribution in [1.82, 2.24) is 9.78 Å². The minimum atomic E-state index is -0.170. The number of hydrogen-bond acceptors (Lipinski definition) is 3. The van der Waals surface area contributed by atoms with Crippen LogP contribution in [0.25, 0.3) is 0 Å². The molecule has 0 bridgehead atoms. The first-order valence-electron chi connectivity index (χ1n) is 5.58. The highest BCUT2D eigenvalue weighted by Gasteiger charge is 2.64. The number of aryl methyl sites for hydroxylation is 2. The van der Waals surface area contributed by atoms with Gasteiger partial charge < -0.3 is 9.84 Å². The summed E-state index contributed by atoms with van der Waals surface area (Å²) in [5.74, 6) is 0.775. The maximum absolute atomic E-state index is 9.71. The number of rotatable bonds is 3. The average Bonchev–Trinajstić information content (AvgIpc) is 2.63. The molecule has 1 fully saturated rings. The summed E-state index contributed by atoms with van der Waals surface area (Å²) in [7, 11) is 3.52. The van der Waals surface area contributed by atoms with E-state index in [4.69, 9.17) is 4.74 Å². The van der Waals surface area contributed by atoms with E-state index in [1.165, 1.54) is 0 Å². The maximum Gasteiger partial charge on any atom is 0.215 e. The zero-order chi connectivity index (χ0) is 12.1. The molecule has 0 amide bonds. The van der Waals surface area contributed by atoms with E-state index >= 15 is 0 Å². The van der Waals surface area contributed by atoms with Crippen LogP contribution in [0.4, 0.5) is 0 Å². The SMILES string of the molecule is COc1c(C2(CO)CC2(C)C)c(C)nn1C. The normalized spacial score (nSPS) is 26.9. The topological polar surface area (TPSA) is 47.3 Å². The van der Waals surface area contributed by atoms with E-state index in [9.17, 15) is 5.11 Å². The second kappa shape index (κ2) is 3.23. The van der Waals surface area contributed by atoms with Gasteiger partial charge in [0.25, 0.3) is 0 Å². The van der Waals surface area contributed by atoms with E-state index in [1.807, 2.05) is 14.0 Å². The van der Waals surface area contributed by atoms with Crippen molar-refractivity contribution in [2.45, 2.75) is 32.6 Å². The Labute approximate surface area is 96.2 Å². The van der Waals surface area contributed by atoms with Crippen LogP contribution in [0.1, 0.15) is 31.5 Å². The van der Waals surface area contributed by atoms with Gasteiger partial charge in [0, 0.05) is 18.0 Å². The lowest BCUT2D eigenvalue weighted by Crippen LogP contribution is -2.20. The summed E-state index contributed by atoms with van der Waals surface area (Å²) in [6.07, 6.45) is 0.986. The van der Waals surface area contributed by atoms with Crippen LogP contribution in [0, 0.1) is 12.3 Å². The Morgan fingerprint density at radius 1 is 1.50 bits per heavy atom. The molecular formula is C12H20N2O2. The fraction of sp³-hybridized carbons (Fsp3) is 0.750. The first kappa shape index (κ1) is 11.5. The van der Waals surface area contributed by atoms with Crippen LogP contribution >= 0.6 is 0 Å². The van der Waals surface area contributed by atoms with Gasteiger partial charge in [-0.2, -0.15) is 5.10 Å². The summed E-state index contributed by atoms with van der Waals surface area (Å²) >= 11 is 0. The van der Waals surface area contributed by atoms with E-state index in [2.05, 4.69) is 18.9 Å². The summed E-state index contributed by atoms with van der Waals surface area (Å²) in [6.45, 7) is 6.48. The van der Waals surface area contributed by atoms with Gasteiger partial charge >= 0.3 is 0 Å². The zero-order valence-electron chi connectivity index (χ0n) is 10.7. The third-order valence-electron chi connectivity index (χ3n) is 4.03. The summed E-state index contributed by atoms with van der Waals surface area (Å²) < 4.78 is 7.15. The van der Waals surface area contributed by atoms with Crippen molar-refractivity contribution in [2.75, 3.05) is 13.7 Å². The lowest BCUT2D eigenvalue weighted by Gasteiger charge is -2.18. The summed E-state index contributed by atoms with van der Waals surface area (Å²) in [6, 6.07) is 0. The third kappa shape index (κ3) is 1.22. The lowest BCUT2D eigenvalue weighted by molar-refractivity contribution is 0.226. The van der Waals surface area contributed by atoms with Crippen molar-refractivity contribution >= 4 is 0 Å². The van der Waals surface area contributed by atoms with Crippen molar-refractivity contribution in [1.29, 1.82) is 0 Å². The maximum atomic E-state index is 9.71. The minimum Gasteiger partial charge on any atom is -0.481 e. The number of aliphatic hydroxyl groups excluding tert-OH is 1. The first-order valence-corrected chi connectivity index (χ1v) is 5.58. The van der Waals surface area contributed by atoms with Gasteiger partial charge in [0.2, 0.25) is 5.88 Å². The van der Waals surface area contributed by atoms with Crippen molar-refractivity contribution < 1.29 is 9.84 Å². The molecule has 1 saturated carbocycles. The molecule has 1 aliphatic carbocycles. The number of aliphatic hydroxyl groups is 1. The van der Waals surface area contributed by atoms with Crippen LogP contribution in [-0.2, 0) is 12.5 Å². The van der Waals surface area contributed by atoms with Gasteiger partial charge in [-0.25, -0.2) is 4.68 Å². The number of aromatic nitrogens is 2. The third-order valence-corrected chi connectivity index (χ3v) is 4.03. The molecule has 4 heteroatoms. The molecule has 1 atom stereocenters. The van der Waals surface area contributed by atoms with E-state index in [0.717, 1.165) is 23.6 Å². The Hall–Kier alpha value is -1.03. The van der Waals surface area contributed by atoms with Gasteiger partial charge in [0.05, 0.1) is 19.4 Å². The fourth-order valence-corrected chi connectivity index (χ4v) is 2.91. The smallest absolute Gasteiger partial charge is 0.215 e. The summed E-state index contributed by atoms with van der Waals surface area (Å²) in [5.41, 5.74) is 1.99. The van der Waals surface area contributed by atoms with Crippen LogP contribution in [-0.4, -0.2) is 28.6 Å². The first-order chi connectivity index (χ1) is 7.39. The van der Waals surface area contributed by atoms with E-state index < -0.39 is 0 Å². The van der Waals surface area contributed by atoms with Crippen molar-refractivity contribution in [3.63, 3.8) is 0 Å². The molecule has 1 aromatic heterocycles. The second-order valence-electron chi connectivity index (χ2n) is 5.39. The molecule has 2 rings (SSSR count). The predicted molar refractivity (Wildman–Crippen MR) is 61.7 cm³/mol. The molecule has 16 heavy (non-hydrogen) atoms. The second-order valence-corrected chi connectivity index (χ2v) is 5.39. The fourth-order valence-electron chi connectivity index (χ4n) is 2.91. The highest BCUT2D eigenvalue weighted by Crippen LogP contribution is 2.66. The largest absolute Gasteiger partial charge is 0.481 e. The molecule has 4 nitrogen and oxygen atoms in total. The lowest BCUT2D eigenvalue weighted by atomic mass is 9.88. The van der Waals surface area contributed by atoms with Crippen LogP contribution in [0.3, 0.4) is 0 Å². The van der Waals surface area contributed by atoms with Crippen LogP contribution in [0.2, 0.25) is 0 Å². The molecular weight excluding hydrogens is 204 g/mol. The van der Waals surface area contributed by atoms with E-state index in [1.54, 1.807) is 11.8 Å². The van der Waals surface area contributed by atoms with Gasteiger partial charge in [0.15, 0.2) is 0 Å². The average molecular weight is 224 g/mol. The number of ether oxygens (including phenoxy) is 1. The minimum absolute atomic E-state index is 0.128. The summed E-state index contributed by atoms with van der Waals surface area (Å²) in [5, 5.41) is 14.1. The molecule has 0 spiro atoms. The molecule has 0 aromatic carbocycles. The van der Waals surface area contributed by atoms with Crippen LogP contribution in [0.15, 0.2) is 0 Å². The zero-order valence-corrected chi connectivity index (χ0v) is 10.7. The summed E-state index contributed by atoms with van der Waals surface area (Å²) in [4.78, 5) is 0. The van der Waals surface area contributed by atoms with Crippen LogP contribution < -0.4 is 4.74 Å². The molecule has 1 N–H and O–H groups in total. The number of methoxy groups -OCH3 is 1. The van der Waals surface area contributed by atoms with Gasteiger partial charge in [-0.15, -0.1) is 0 Å². The highest BCUT2D eigenvalue weighted by atomic mass is 16.5. The van der Waals surface area contributed by atoms with Gasteiger partial charge in [-0.1, -0.05) is 13.8 Å². The molecule has 1 unspecified atom stereocenters. The molecule has 1 aliphatic rings. The predicted octanol–water partition coefficient (Wildman–Crippen LogP) is 1.40. The van der Waals surface area contributed by atoms with Gasteiger partial charge in [-0.05, 0) is 18.8 Å². The number of hydrogen-bond donors (Lipinski definition) is 1. The molecule has 1 heterocycles. The quantitative estimate of drug-likeness (QED) is 0.844. The van der Waals surface area contributed by atoms with Crippen LogP contribution in [0.5, 0.6) is 5.88 Å². The van der Waals surface area contributed by atoms with Crippen molar-refractivity contribution in [2.24, 2.45) is 12.5 Å². The van der Waals surface area contributed by atoms with Gasteiger partial charge in [-0.3, -0.25) is 0 Å². The molecule has 0 radical (unpaired) electrons. The Balaban J connectivity index is 2.56. The Morgan fingerprint density at radius 3 is 2.44 bits per heavy atom. The van der Waals surface area contributed by atoms with Gasteiger partial charge in [0.1, 0.15) is 0 Å². The van der Waals surface area contributed by atoms with E-state index in [0.29, 0.717) is 0 Å². The Morgan fingerprint density at radius 2 is 2.06 bits per heavy atom. The van der Waals surface area contributed by atoms with Crippen molar-refractivity contribution in [3.05, 3.63) is 11.3 Å². The molecule has 0 aliphatic heterocycles. The molecule has 0 saturated heterocycles. The Bertz CT molecular complexity index is 423. The van der Waals surface area contributed by atoms with Crippen molar-refractivity contribution in [3.8, 4) is 5.88 Å². The molecule has 90 valence electrons. The highest BCUT2D eigenvalue weighted by molar-refractivity contribution is 5.46. The Kier molecular flexibility index (Phi) is 2.31. The monoisotopic (exact) mass is 224 g/mol. The standard InChI is InChI=1S/C12H20N2O2/c1-8-9(10(16-5)14(4)13-8)12(7-15)6-11(12,2)3/h15H,6-7H2,1-5H3. The van der Waals surface area contributed by atoms with E-state index in [-0.39, 0.29) is 17.4 Å².